The van der Waals surface area contributed by atoms with Gasteiger partial charge >= 0.3 is 0 Å². The molecule has 0 amide bonds. The van der Waals surface area contributed by atoms with Crippen molar-refractivity contribution in [3.63, 3.8) is 0 Å². The van der Waals surface area contributed by atoms with Gasteiger partial charge in [-0.1, -0.05) is 26.0 Å². The molecule has 1 saturated carbocycles. The fourth-order valence-electron chi connectivity index (χ4n) is 2.19. The average Bonchev–Trinajstić information content (AvgIpc) is 3.24. The molecule has 1 aromatic carbocycles. The van der Waals surface area contributed by atoms with Gasteiger partial charge in [0.15, 0.2) is 5.96 Å². The lowest BCUT2D eigenvalue weighted by Crippen LogP contribution is -2.41. The van der Waals surface area contributed by atoms with Crippen LogP contribution in [0.3, 0.4) is 0 Å². The van der Waals surface area contributed by atoms with Crippen LogP contribution in [0.5, 0.6) is 5.75 Å². The largest absolute Gasteiger partial charge is 0.496 e. The molecule has 1 fully saturated rings. The highest BCUT2D eigenvalue weighted by molar-refractivity contribution is 7.99. The fraction of sp³-hybridized carbons (Fsp3) is 0.588. The van der Waals surface area contributed by atoms with Gasteiger partial charge in [-0.15, -0.1) is 11.8 Å². The van der Waals surface area contributed by atoms with Gasteiger partial charge in [0.2, 0.25) is 0 Å². The van der Waals surface area contributed by atoms with Gasteiger partial charge in [0.05, 0.1) is 7.11 Å². The minimum atomic E-state index is 0.546. The molecule has 4 nitrogen and oxygen atoms in total. The van der Waals surface area contributed by atoms with Crippen LogP contribution < -0.4 is 15.4 Å². The summed E-state index contributed by atoms with van der Waals surface area (Å²) in [4.78, 5) is 5.49. The molecule has 1 aliphatic rings. The first kappa shape index (κ1) is 17.0. The number of thioether (sulfide) groups is 1. The number of aliphatic imine (C=N–C) groups is 1. The van der Waals surface area contributed by atoms with Crippen LogP contribution in [0.4, 0.5) is 0 Å². The molecule has 3 unspecified atom stereocenters. The number of hydrogen-bond donors (Lipinski definition) is 2. The van der Waals surface area contributed by atoms with Crippen molar-refractivity contribution in [3.05, 3.63) is 24.3 Å². The van der Waals surface area contributed by atoms with E-state index in [4.69, 9.17) is 4.74 Å². The number of rotatable bonds is 7. The molecule has 22 heavy (non-hydrogen) atoms. The van der Waals surface area contributed by atoms with Gasteiger partial charge in [0.25, 0.3) is 0 Å². The Morgan fingerprint density at radius 2 is 2.18 bits per heavy atom. The number of guanidine groups is 1. The van der Waals surface area contributed by atoms with Crippen LogP contribution in [0, 0.1) is 11.8 Å². The number of hydrogen-bond acceptors (Lipinski definition) is 3. The summed E-state index contributed by atoms with van der Waals surface area (Å²) in [5, 5.41) is 6.87. The van der Waals surface area contributed by atoms with Crippen LogP contribution in [0.2, 0.25) is 0 Å². The van der Waals surface area contributed by atoms with E-state index in [0.717, 1.165) is 29.9 Å². The molecule has 1 aliphatic carbocycles. The lowest BCUT2D eigenvalue weighted by atomic mass is 10.2. The van der Waals surface area contributed by atoms with Crippen molar-refractivity contribution >= 4 is 17.7 Å². The zero-order valence-corrected chi connectivity index (χ0v) is 14.7. The number of para-hydroxylation sites is 1. The first-order valence-corrected chi connectivity index (χ1v) is 8.85. The van der Waals surface area contributed by atoms with E-state index in [1.165, 1.54) is 11.3 Å². The number of nitrogens with zero attached hydrogens (tertiary/aromatic N) is 1. The van der Waals surface area contributed by atoms with Crippen molar-refractivity contribution in [2.45, 2.75) is 31.2 Å². The van der Waals surface area contributed by atoms with E-state index in [0.29, 0.717) is 12.0 Å². The fourth-order valence-corrected chi connectivity index (χ4v) is 3.24. The Balaban J connectivity index is 1.72. The molecule has 2 N–H and O–H groups in total. The molecule has 122 valence electrons. The molecule has 3 atom stereocenters. The molecular weight excluding hydrogens is 294 g/mol. The Hall–Kier alpha value is -1.36. The Morgan fingerprint density at radius 1 is 1.45 bits per heavy atom. The summed E-state index contributed by atoms with van der Waals surface area (Å²) in [6, 6.07) is 8.77. The van der Waals surface area contributed by atoms with Gasteiger partial charge in [-0.05, 0) is 30.4 Å². The predicted octanol–water partition coefficient (Wildman–Crippen LogP) is 3.00. The smallest absolute Gasteiger partial charge is 0.191 e. The Bertz CT molecular complexity index is 506. The number of benzene rings is 1. The third-order valence-corrected chi connectivity index (χ3v) is 5.25. The van der Waals surface area contributed by atoms with Crippen molar-refractivity contribution in [1.29, 1.82) is 0 Å². The van der Waals surface area contributed by atoms with Crippen LogP contribution in [-0.4, -0.2) is 38.5 Å². The van der Waals surface area contributed by atoms with Crippen LogP contribution in [0.25, 0.3) is 0 Å². The van der Waals surface area contributed by atoms with E-state index in [-0.39, 0.29) is 0 Å². The Labute approximate surface area is 138 Å². The molecule has 0 saturated heterocycles. The first-order chi connectivity index (χ1) is 10.6. The minimum absolute atomic E-state index is 0.546. The highest BCUT2D eigenvalue weighted by Crippen LogP contribution is 2.30. The first-order valence-electron chi connectivity index (χ1n) is 7.87. The van der Waals surface area contributed by atoms with E-state index in [1.54, 1.807) is 7.11 Å². The Kier molecular flexibility index (Phi) is 6.43. The zero-order valence-electron chi connectivity index (χ0n) is 13.9. The van der Waals surface area contributed by atoms with Gasteiger partial charge in [-0.3, -0.25) is 4.99 Å². The van der Waals surface area contributed by atoms with Crippen molar-refractivity contribution in [2.24, 2.45) is 16.8 Å². The zero-order chi connectivity index (χ0) is 15.9. The molecule has 0 heterocycles. The third-order valence-electron chi connectivity index (χ3n) is 3.87. The van der Waals surface area contributed by atoms with Gasteiger partial charge < -0.3 is 15.4 Å². The van der Waals surface area contributed by atoms with E-state index >= 15 is 0 Å². The monoisotopic (exact) mass is 321 g/mol. The maximum Gasteiger partial charge on any atom is 0.191 e. The van der Waals surface area contributed by atoms with Gasteiger partial charge in [0.1, 0.15) is 5.75 Å². The quantitative estimate of drug-likeness (QED) is 0.460. The summed E-state index contributed by atoms with van der Waals surface area (Å²) >= 11 is 1.84. The van der Waals surface area contributed by atoms with Crippen LogP contribution >= 0.6 is 11.8 Å². The molecule has 0 aliphatic heterocycles. The van der Waals surface area contributed by atoms with Crippen LogP contribution in [0.1, 0.15) is 20.3 Å². The van der Waals surface area contributed by atoms with E-state index < -0.39 is 0 Å². The Morgan fingerprint density at radius 3 is 2.82 bits per heavy atom. The second kappa shape index (κ2) is 8.32. The second-order valence-corrected chi connectivity index (χ2v) is 7.05. The highest BCUT2D eigenvalue weighted by Gasteiger charge is 2.33. The van der Waals surface area contributed by atoms with Gasteiger partial charge in [0, 0.05) is 30.3 Å². The standard InChI is InChI=1S/C17H27N3OS/c1-12(10-19-17(18-3)20-14-9-13(14)2)11-22-16-8-6-5-7-15(16)21-4/h5-8,12-14H,9-11H2,1-4H3,(H2,18,19,20). The molecule has 1 aromatic rings. The summed E-state index contributed by atoms with van der Waals surface area (Å²) in [5.74, 6) is 4.24. The van der Waals surface area contributed by atoms with Gasteiger partial charge in [-0.25, -0.2) is 0 Å². The maximum absolute atomic E-state index is 5.39. The molecule has 5 heteroatoms. The van der Waals surface area contributed by atoms with Gasteiger partial charge in [-0.2, -0.15) is 0 Å². The topological polar surface area (TPSA) is 45.7 Å². The molecule has 0 radical (unpaired) electrons. The van der Waals surface area contributed by atoms with Crippen molar-refractivity contribution in [1.82, 2.24) is 10.6 Å². The highest BCUT2D eigenvalue weighted by atomic mass is 32.2. The summed E-state index contributed by atoms with van der Waals surface area (Å²) in [5.41, 5.74) is 0. The van der Waals surface area contributed by atoms with Crippen LogP contribution in [0.15, 0.2) is 34.2 Å². The van der Waals surface area contributed by atoms with Crippen molar-refractivity contribution in [3.8, 4) is 5.75 Å². The predicted molar refractivity (Wildman–Crippen MR) is 94.9 cm³/mol. The number of methoxy groups -OCH3 is 1. The molecule has 2 rings (SSSR count). The average molecular weight is 321 g/mol. The van der Waals surface area contributed by atoms with Crippen molar-refractivity contribution < 1.29 is 4.74 Å². The molecule has 0 aromatic heterocycles. The molecule has 0 spiro atoms. The van der Waals surface area contributed by atoms with Crippen molar-refractivity contribution in [2.75, 3.05) is 26.5 Å². The summed E-state index contributed by atoms with van der Waals surface area (Å²) in [6.07, 6.45) is 1.25. The lowest BCUT2D eigenvalue weighted by molar-refractivity contribution is 0.405. The summed E-state index contributed by atoms with van der Waals surface area (Å²) in [7, 11) is 3.55. The maximum atomic E-state index is 5.39. The minimum Gasteiger partial charge on any atom is -0.496 e. The molecular formula is C17H27N3OS. The lowest BCUT2D eigenvalue weighted by Gasteiger charge is -2.16. The summed E-state index contributed by atoms with van der Waals surface area (Å²) < 4.78 is 5.39. The van der Waals surface area contributed by atoms with Crippen LogP contribution in [-0.2, 0) is 0 Å². The second-order valence-electron chi connectivity index (χ2n) is 5.98. The van der Waals surface area contributed by atoms with E-state index in [2.05, 4.69) is 41.6 Å². The van der Waals surface area contributed by atoms with E-state index in [9.17, 15) is 0 Å². The number of ether oxygens (including phenoxy) is 1. The number of nitrogens with one attached hydrogen (secondary N) is 2. The normalized spacial score (nSPS) is 22.1. The third kappa shape index (κ3) is 5.13. The molecule has 0 bridgehead atoms. The SMILES string of the molecule is CN=C(NCC(C)CSc1ccccc1OC)NC1CC1C. The van der Waals surface area contributed by atoms with E-state index in [1.807, 2.05) is 30.9 Å². The summed E-state index contributed by atoms with van der Waals surface area (Å²) in [6.45, 7) is 5.43.